The quantitative estimate of drug-likeness (QED) is 0.227. The van der Waals surface area contributed by atoms with E-state index in [9.17, 15) is 18.3 Å². The van der Waals surface area contributed by atoms with Gasteiger partial charge in [-0.3, -0.25) is 4.55 Å². The largest absolute Gasteiger partial charge is 0.459 e. The lowest BCUT2D eigenvalue weighted by Gasteiger charge is -2.45. The summed E-state index contributed by atoms with van der Waals surface area (Å²) in [7, 11) is 0.826. The maximum atomic E-state index is 13.1. The van der Waals surface area contributed by atoms with E-state index >= 15 is 0 Å². The average Bonchev–Trinajstić information content (AvgIpc) is 3.01. The van der Waals surface area contributed by atoms with E-state index in [0.717, 1.165) is 17.3 Å². The molecule has 3 fully saturated rings. The number of quaternary nitrogens is 1. The maximum absolute atomic E-state index is 13.1. The predicted octanol–water partition coefficient (Wildman–Crippen LogP) is 3.01. The normalized spacial score (nSPS) is 28.8. The fraction of sp³-hybridized carbons (Fsp3) is 0.550. The number of thiophene rings is 2. The summed E-state index contributed by atoms with van der Waals surface area (Å²) in [6.07, 6.45) is 2.77. The summed E-state index contributed by atoms with van der Waals surface area (Å²) in [6, 6.07) is 8.01. The number of fused-ring (bicyclic) bond motifs is 5. The first-order chi connectivity index (χ1) is 14.4. The number of hydrogen-bond donors (Lipinski definition) is 2. The summed E-state index contributed by atoms with van der Waals surface area (Å²) >= 11 is 2.74. The average molecular weight is 650 g/mol. The molecule has 3 aliphatic heterocycles. The predicted molar refractivity (Wildman–Crippen MR) is 137 cm³/mol. The van der Waals surface area contributed by atoms with Crippen LogP contribution < -0.4 is 0 Å². The van der Waals surface area contributed by atoms with Crippen LogP contribution in [0.25, 0.3) is 0 Å². The molecule has 2 N–H and O–H groups in total. The first-order valence-corrected chi connectivity index (χ1v) is 13.5. The van der Waals surface area contributed by atoms with Crippen molar-refractivity contribution in [3.63, 3.8) is 0 Å². The van der Waals surface area contributed by atoms with Crippen molar-refractivity contribution < 1.29 is 36.8 Å². The van der Waals surface area contributed by atoms with E-state index in [1.165, 1.54) is 22.7 Å². The molecule has 1 unspecified atom stereocenters. The zero-order valence-electron chi connectivity index (χ0n) is 18.2. The fourth-order valence-corrected chi connectivity index (χ4v) is 6.54. The Bertz CT molecular complexity index is 982. The van der Waals surface area contributed by atoms with Crippen molar-refractivity contribution in [1.29, 1.82) is 0 Å². The van der Waals surface area contributed by atoms with Crippen molar-refractivity contribution in [2.75, 3.05) is 20.4 Å². The van der Waals surface area contributed by atoms with Crippen LogP contribution in [0.5, 0.6) is 0 Å². The Morgan fingerprint density at radius 3 is 1.88 bits per heavy atom. The molecule has 13 heteroatoms. The third kappa shape index (κ3) is 5.72. The molecule has 0 radical (unpaired) electrons. The van der Waals surface area contributed by atoms with Crippen molar-refractivity contribution in [3.05, 3.63) is 44.8 Å². The van der Waals surface area contributed by atoms with Gasteiger partial charge in [-0.1, -0.05) is 12.1 Å². The van der Waals surface area contributed by atoms with Gasteiger partial charge in [-0.25, -0.2) is 4.79 Å². The summed E-state index contributed by atoms with van der Waals surface area (Å²) in [5.41, 5.74) is -1.72. The highest BCUT2D eigenvalue weighted by atomic mass is 79.9. The minimum Gasteiger partial charge on any atom is -0.459 e. The number of epoxide rings is 1. The van der Waals surface area contributed by atoms with Gasteiger partial charge >= 0.3 is 5.97 Å². The second-order valence-electron chi connectivity index (χ2n) is 8.73. The van der Waals surface area contributed by atoms with Crippen LogP contribution in [-0.2, 0) is 30.0 Å². The molecule has 8 nitrogen and oxygen atoms in total. The molecule has 5 rings (SSSR count). The van der Waals surface area contributed by atoms with Gasteiger partial charge in [0, 0.05) is 12.8 Å². The van der Waals surface area contributed by atoms with Crippen molar-refractivity contribution in [1.82, 2.24) is 0 Å². The van der Waals surface area contributed by atoms with Gasteiger partial charge in [-0.15, -0.1) is 56.6 Å². The van der Waals surface area contributed by atoms with E-state index in [2.05, 4.69) is 14.1 Å². The zero-order valence-corrected chi connectivity index (χ0v) is 24.1. The molecule has 33 heavy (non-hydrogen) atoms. The molecule has 3 saturated heterocycles. The number of hydrogen-bond acceptors (Lipinski definition) is 8. The van der Waals surface area contributed by atoms with Crippen LogP contribution in [0.15, 0.2) is 35.0 Å². The van der Waals surface area contributed by atoms with Crippen LogP contribution in [0.2, 0.25) is 0 Å². The number of esters is 1. The van der Waals surface area contributed by atoms with E-state index in [-0.39, 0.29) is 40.1 Å². The number of carbonyl (C=O) groups excluding carboxylic acids is 1. The third-order valence-corrected chi connectivity index (χ3v) is 8.32. The van der Waals surface area contributed by atoms with Crippen LogP contribution in [0.3, 0.4) is 0 Å². The lowest BCUT2D eigenvalue weighted by Crippen LogP contribution is -2.60. The van der Waals surface area contributed by atoms with Crippen LogP contribution in [0.4, 0.5) is 0 Å². The molecule has 0 aromatic carbocycles. The molecule has 186 valence electrons. The van der Waals surface area contributed by atoms with Gasteiger partial charge in [0.05, 0.1) is 30.1 Å². The van der Waals surface area contributed by atoms with Crippen LogP contribution in [0, 0.1) is 0 Å². The molecule has 0 spiro atoms. The maximum Gasteiger partial charge on any atom is 0.349 e. The summed E-state index contributed by atoms with van der Waals surface area (Å²) < 4.78 is 38.5. The van der Waals surface area contributed by atoms with Crippen molar-refractivity contribution >= 4 is 72.7 Å². The number of ether oxygens (including phenoxy) is 2. The molecule has 5 atom stereocenters. The number of rotatable bonds is 4. The van der Waals surface area contributed by atoms with Gasteiger partial charge < -0.3 is 19.1 Å². The monoisotopic (exact) mass is 648 g/mol. The second kappa shape index (κ2) is 10.3. The first kappa shape index (κ1) is 28.9. The van der Waals surface area contributed by atoms with Gasteiger partial charge in [-0.2, -0.15) is 8.42 Å². The number of likely N-dealkylation sites (N-methyl/N-ethyl adjacent to an activating group) is 1. The molecule has 2 bridgehead atoms. The highest BCUT2D eigenvalue weighted by Crippen LogP contribution is 2.52. The molecule has 2 aromatic rings. The number of morpholine rings is 1. The van der Waals surface area contributed by atoms with Crippen LogP contribution in [-0.4, -0.2) is 79.3 Å². The van der Waals surface area contributed by atoms with E-state index in [1.54, 1.807) is 12.1 Å². The van der Waals surface area contributed by atoms with Gasteiger partial charge in [0.25, 0.3) is 10.1 Å². The van der Waals surface area contributed by atoms with Gasteiger partial charge in [0.15, 0.2) is 0 Å². The number of aliphatic hydroxyl groups is 1. The standard InChI is InChI=1S/C19H22NO4S2.CH4O3S.2BrH/c1-20(2)12-9-11(10-13(20)17-16(12)24-17)23-18(21)19(22,14-5-3-7-25-14)15-6-4-8-26-15;1-5(2,3)4;;/h3-8,11-13,16-17,22H,9-10H2,1-2H3;1H3,(H,2,3,4);2*1H/q+1;;;/t11?,12-,13+,16-,17+;;;. The Labute approximate surface area is 222 Å². The van der Waals surface area contributed by atoms with Gasteiger partial charge in [0.1, 0.15) is 30.4 Å². The van der Waals surface area contributed by atoms with E-state index in [1.807, 2.05) is 22.9 Å². The SMILES string of the molecule is Br.Br.CS(=O)(=O)O.C[N+]1(C)[C@@H]2CC(OC(=O)C(O)(c3cccs3)c3cccs3)C[C@H]1[C@@H]1O[C@@H]12. The van der Waals surface area contributed by atoms with Gasteiger partial charge in [-0.05, 0) is 22.9 Å². The van der Waals surface area contributed by atoms with Gasteiger partial charge in [0.2, 0.25) is 5.60 Å². The van der Waals surface area contributed by atoms with Crippen molar-refractivity contribution in [2.24, 2.45) is 0 Å². The Morgan fingerprint density at radius 1 is 1.09 bits per heavy atom. The Morgan fingerprint density at radius 2 is 1.52 bits per heavy atom. The van der Waals surface area contributed by atoms with E-state index in [4.69, 9.17) is 14.0 Å². The highest BCUT2D eigenvalue weighted by Gasteiger charge is 2.71. The Kier molecular flexibility index (Phi) is 9.02. The highest BCUT2D eigenvalue weighted by molar-refractivity contribution is 8.93. The first-order valence-electron chi connectivity index (χ1n) is 9.85. The number of halogens is 2. The van der Waals surface area contributed by atoms with Crippen LogP contribution >= 0.6 is 56.6 Å². The summed E-state index contributed by atoms with van der Waals surface area (Å²) in [6.45, 7) is 0. The molecule has 3 aliphatic rings. The van der Waals surface area contributed by atoms with Crippen LogP contribution in [0.1, 0.15) is 22.6 Å². The topological polar surface area (TPSA) is 113 Å². The number of nitrogens with zero attached hydrogens (tertiary/aromatic N) is 1. The minimum absolute atomic E-state index is 0. The summed E-state index contributed by atoms with van der Waals surface area (Å²) in [5.74, 6) is -0.561. The summed E-state index contributed by atoms with van der Waals surface area (Å²) in [4.78, 5) is 14.3. The van der Waals surface area contributed by atoms with Crippen molar-refractivity contribution in [3.8, 4) is 0 Å². The summed E-state index contributed by atoms with van der Waals surface area (Å²) in [5, 5.41) is 15.1. The third-order valence-electron chi connectivity index (χ3n) is 6.36. The van der Waals surface area contributed by atoms with E-state index < -0.39 is 21.7 Å². The molecule has 5 heterocycles. The fourth-order valence-electron chi connectivity index (χ4n) is 4.83. The Balaban J connectivity index is 0.000000502. The molecular weight excluding hydrogens is 622 g/mol. The molecule has 0 aliphatic carbocycles. The van der Waals surface area contributed by atoms with Crippen molar-refractivity contribution in [2.45, 2.75) is 48.8 Å². The Hall–Kier alpha value is -0.380. The second-order valence-corrected chi connectivity index (χ2v) is 12.1. The smallest absolute Gasteiger partial charge is 0.349 e. The molecular formula is C20H28Br2NO7S3+. The zero-order chi connectivity index (χ0) is 22.6. The number of carbonyl (C=O) groups is 1. The molecule has 0 amide bonds. The lowest BCUT2D eigenvalue weighted by atomic mass is 9.95. The molecule has 0 saturated carbocycles. The van der Waals surface area contributed by atoms with E-state index in [0.29, 0.717) is 40.3 Å². The lowest BCUT2D eigenvalue weighted by molar-refractivity contribution is -0.938. The molecule has 2 aromatic heterocycles. The minimum atomic E-state index is -3.67. The number of piperidine rings is 1.